The number of rotatable bonds is 8. The lowest BCUT2D eigenvalue weighted by Gasteiger charge is -2.15. The molecular formula is C22H22F3N3O3. The van der Waals surface area contributed by atoms with E-state index in [9.17, 15) is 18.0 Å². The first kappa shape index (κ1) is 22.4. The predicted octanol–water partition coefficient (Wildman–Crippen LogP) is 4.03. The highest BCUT2D eigenvalue weighted by Crippen LogP contribution is 2.46. The van der Waals surface area contributed by atoms with Crippen molar-refractivity contribution in [2.45, 2.75) is 26.1 Å². The molecule has 1 aliphatic rings. The SMILES string of the molecule is C[C@@H]1[C@@H](COc2cccc(C#N)c2)[C@@H]1C(=O)N[C@H](C)c1ccc(OCC(F)(F)F)cn1. The Balaban J connectivity index is 1.49. The van der Waals surface area contributed by atoms with Crippen molar-refractivity contribution in [3.63, 3.8) is 0 Å². The summed E-state index contributed by atoms with van der Waals surface area (Å²) in [6.07, 6.45) is -3.21. The molecule has 0 unspecified atom stereocenters. The number of nitrogens with one attached hydrogen (secondary N) is 1. The van der Waals surface area contributed by atoms with E-state index in [-0.39, 0.29) is 29.4 Å². The first-order chi connectivity index (χ1) is 14.7. The van der Waals surface area contributed by atoms with Crippen LogP contribution >= 0.6 is 0 Å². The summed E-state index contributed by atoms with van der Waals surface area (Å²) in [5, 5.41) is 11.8. The quantitative estimate of drug-likeness (QED) is 0.680. The van der Waals surface area contributed by atoms with Gasteiger partial charge in [-0.3, -0.25) is 9.78 Å². The van der Waals surface area contributed by atoms with Crippen LogP contribution in [0.3, 0.4) is 0 Å². The van der Waals surface area contributed by atoms with E-state index in [0.29, 0.717) is 23.6 Å². The molecule has 1 amide bonds. The van der Waals surface area contributed by atoms with Gasteiger partial charge in [-0.05, 0) is 43.2 Å². The smallest absolute Gasteiger partial charge is 0.422 e. The first-order valence-corrected chi connectivity index (χ1v) is 9.77. The van der Waals surface area contributed by atoms with E-state index in [2.05, 4.69) is 21.1 Å². The van der Waals surface area contributed by atoms with Crippen LogP contribution < -0.4 is 14.8 Å². The molecule has 0 saturated heterocycles. The third kappa shape index (κ3) is 6.10. The summed E-state index contributed by atoms with van der Waals surface area (Å²) >= 11 is 0. The number of amides is 1. The third-order valence-electron chi connectivity index (χ3n) is 5.23. The van der Waals surface area contributed by atoms with E-state index < -0.39 is 18.8 Å². The lowest BCUT2D eigenvalue weighted by Crippen LogP contribution is -2.29. The van der Waals surface area contributed by atoms with E-state index in [1.165, 1.54) is 18.3 Å². The molecule has 0 radical (unpaired) electrons. The van der Waals surface area contributed by atoms with Gasteiger partial charge in [0.2, 0.25) is 5.91 Å². The largest absolute Gasteiger partial charge is 0.493 e. The van der Waals surface area contributed by atoms with Gasteiger partial charge >= 0.3 is 6.18 Å². The Morgan fingerprint density at radius 1 is 1.26 bits per heavy atom. The summed E-state index contributed by atoms with van der Waals surface area (Å²) in [5.74, 6) is 0.479. The Morgan fingerprint density at radius 3 is 2.68 bits per heavy atom. The fraction of sp³-hybridized carbons (Fsp3) is 0.409. The van der Waals surface area contributed by atoms with Crippen LogP contribution in [0.5, 0.6) is 11.5 Å². The number of ether oxygens (including phenoxy) is 2. The second-order valence-corrected chi connectivity index (χ2v) is 7.55. The van der Waals surface area contributed by atoms with Gasteiger partial charge in [-0.15, -0.1) is 0 Å². The summed E-state index contributed by atoms with van der Waals surface area (Å²) in [4.78, 5) is 16.7. The summed E-state index contributed by atoms with van der Waals surface area (Å²) in [7, 11) is 0. The minimum Gasteiger partial charge on any atom is -0.493 e. The summed E-state index contributed by atoms with van der Waals surface area (Å²) in [6.45, 7) is 2.71. The lowest BCUT2D eigenvalue weighted by atomic mass is 10.2. The van der Waals surface area contributed by atoms with Crippen LogP contribution in [0.25, 0.3) is 0 Å². The van der Waals surface area contributed by atoms with Gasteiger partial charge in [0, 0.05) is 11.8 Å². The van der Waals surface area contributed by atoms with Gasteiger partial charge in [0.05, 0.1) is 36.2 Å². The van der Waals surface area contributed by atoms with Crippen LogP contribution in [0.1, 0.15) is 31.1 Å². The first-order valence-electron chi connectivity index (χ1n) is 9.77. The van der Waals surface area contributed by atoms with Crippen molar-refractivity contribution < 1.29 is 27.4 Å². The van der Waals surface area contributed by atoms with E-state index in [0.717, 1.165) is 0 Å². The molecule has 1 aliphatic carbocycles. The van der Waals surface area contributed by atoms with Crippen LogP contribution in [-0.2, 0) is 4.79 Å². The number of nitrogens with zero attached hydrogens (tertiary/aromatic N) is 2. The number of alkyl halides is 3. The molecule has 0 aliphatic heterocycles. The van der Waals surface area contributed by atoms with E-state index >= 15 is 0 Å². The van der Waals surface area contributed by atoms with Gasteiger partial charge < -0.3 is 14.8 Å². The molecule has 9 heteroatoms. The molecule has 3 rings (SSSR count). The van der Waals surface area contributed by atoms with Gasteiger partial charge in [-0.1, -0.05) is 13.0 Å². The number of carbonyl (C=O) groups is 1. The minimum absolute atomic E-state index is 0.00750. The monoisotopic (exact) mass is 433 g/mol. The van der Waals surface area contributed by atoms with Crippen LogP contribution in [0.2, 0.25) is 0 Å². The van der Waals surface area contributed by atoms with Gasteiger partial charge in [-0.2, -0.15) is 18.4 Å². The van der Waals surface area contributed by atoms with Gasteiger partial charge in [0.25, 0.3) is 0 Å². The van der Waals surface area contributed by atoms with Crippen molar-refractivity contribution in [3.05, 3.63) is 53.9 Å². The Kier molecular flexibility index (Phi) is 6.68. The molecule has 1 N–H and O–H groups in total. The fourth-order valence-corrected chi connectivity index (χ4v) is 3.36. The Bertz CT molecular complexity index is 957. The van der Waals surface area contributed by atoms with Crippen LogP contribution in [0.15, 0.2) is 42.6 Å². The normalized spacial score (nSPS) is 21.0. The van der Waals surface area contributed by atoms with E-state index in [4.69, 9.17) is 10.00 Å². The Labute approximate surface area is 178 Å². The molecule has 0 spiro atoms. The fourth-order valence-electron chi connectivity index (χ4n) is 3.36. The number of benzene rings is 1. The molecule has 2 aromatic rings. The maximum atomic E-state index is 12.6. The number of hydrogen-bond donors (Lipinski definition) is 1. The standard InChI is InChI=1S/C22H22F3N3O3/c1-13-18(11-30-16-5-3-4-15(8-16)9-26)20(13)21(29)28-14(2)19-7-6-17(10-27-19)31-12-22(23,24)25/h3-8,10,13-14,18,20H,11-12H2,1-2H3,(H,28,29)/t13-,14-,18-,20-/m1/s1. The Hall–Kier alpha value is -3.28. The summed E-state index contributed by atoms with van der Waals surface area (Å²) in [5.41, 5.74) is 1.02. The second kappa shape index (κ2) is 9.25. The van der Waals surface area contributed by atoms with Gasteiger partial charge in [0.1, 0.15) is 11.5 Å². The number of aromatic nitrogens is 1. The number of hydrogen-bond acceptors (Lipinski definition) is 5. The average molecular weight is 433 g/mol. The summed E-state index contributed by atoms with van der Waals surface area (Å²) in [6, 6.07) is 11.4. The van der Waals surface area contributed by atoms with Crippen molar-refractivity contribution in [3.8, 4) is 17.6 Å². The maximum Gasteiger partial charge on any atom is 0.422 e. The van der Waals surface area contributed by atoms with E-state index in [1.807, 2.05) is 6.92 Å². The number of carbonyl (C=O) groups excluding carboxylic acids is 1. The molecule has 4 atom stereocenters. The van der Waals surface area contributed by atoms with Crippen molar-refractivity contribution >= 4 is 5.91 Å². The number of halogens is 3. The molecule has 1 aromatic carbocycles. The molecule has 31 heavy (non-hydrogen) atoms. The molecule has 1 saturated carbocycles. The van der Waals surface area contributed by atoms with Gasteiger partial charge in [-0.25, -0.2) is 0 Å². The van der Waals surface area contributed by atoms with Gasteiger partial charge in [0.15, 0.2) is 6.61 Å². The molecule has 1 heterocycles. The lowest BCUT2D eigenvalue weighted by molar-refractivity contribution is -0.153. The topological polar surface area (TPSA) is 84.2 Å². The number of pyridine rings is 1. The molecule has 6 nitrogen and oxygen atoms in total. The average Bonchev–Trinajstić information content (AvgIpc) is 3.40. The van der Waals surface area contributed by atoms with Crippen LogP contribution in [0, 0.1) is 29.1 Å². The highest BCUT2D eigenvalue weighted by Gasteiger charge is 2.52. The molecular weight excluding hydrogens is 411 g/mol. The van der Waals surface area contributed by atoms with Crippen molar-refractivity contribution in [2.75, 3.05) is 13.2 Å². The molecule has 1 fully saturated rings. The number of nitriles is 1. The third-order valence-corrected chi connectivity index (χ3v) is 5.23. The summed E-state index contributed by atoms with van der Waals surface area (Å²) < 4.78 is 47.0. The zero-order valence-corrected chi connectivity index (χ0v) is 17.0. The molecule has 1 aromatic heterocycles. The molecule has 164 valence electrons. The van der Waals surface area contributed by atoms with Crippen LogP contribution in [0.4, 0.5) is 13.2 Å². The molecule has 0 bridgehead atoms. The van der Waals surface area contributed by atoms with E-state index in [1.54, 1.807) is 31.2 Å². The minimum atomic E-state index is -4.42. The predicted molar refractivity (Wildman–Crippen MR) is 105 cm³/mol. The van der Waals surface area contributed by atoms with Crippen molar-refractivity contribution in [1.82, 2.24) is 10.3 Å². The zero-order valence-electron chi connectivity index (χ0n) is 17.0. The van der Waals surface area contributed by atoms with Crippen molar-refractivity contribution in [1.29, 1.82) is 5.26 Å². The highest BCUT2D eigenvalue weighted by atomic mass is 19.4. The Morgan fingerprint density at radius 2 is 2.03 bits per heavy atom. The second-order valence-electron chi connectivity index (χ2n) is 7.55. The maximum absolute atomic E-state index is 12.6. The highest BCUT2D eigenvalue weighted by molar-refractivity contribution is 5.82. The van der Waals surface area contributed by atoms with Crippen molar-refractivity contribution in [2.24, 2.45) is 17.8 Å². The zero-order chi connectivity index (χ0) is 22.6. The van der Waals surface area contributed by atoms with Crippen LogP contribution in [-0.4, -0.2) is 30.3 Å².